The van der Waals surface area contributed by atoms with E-state index < -0.39 is 16.6 Å². The molecule has 0 amide bonds. The summed E-state index contributed by atoms with van der Waals surface area (Å²) in [4.78, 5) is 12.4. The van der Waals surface area contributed by atoms with E-state index in [4.69, 9.17) is 13.6 Å². The summed E-state index contributed by atoms with van der Waals surface area (Å²) in [6.45, 7) is 23.1. The monoisotopic (exact) mass is 482 g/mol. The van der Waals surface area contributed by atoms with Crippen molar-refractivity contribution in [3.8, 4) is 0 Å². The van der Waals surface area contributed by atoms with Crippen molar-refractivity contribution in [2.45, 2.75) is 117 Å². The Bertz CT molecular complexity index is 654. The number of carbonyl (C=O) groups is 1. The number of rotatable bonds is 12. The molecule has 1 saturated heterocycles. The lowest BCUT2D eigenvalue weighted by molar-refractivity contribution is -0.122. The minimum absolute atomic E-state index is 0.0884. The SMILES string of the molecule is CC(C)=CCC(=O)C(C)CCCC1(C)OC/C(=C/CO[Si](C)(C)C)CC[C@H]1O[Si](C)(C)C. The van der Waals surface area contributed by atoms with Crippen molar-refractivity contribution in [3.05, 3.63) is 23.3 Å². The molecule has 2 unspecified atom stereocenters. The zero-order valence-corrected chi connectivity index (χ0v) is 24.6. The van der Waals surface area contributed by atoms with Crippen molar-refractivity contribution in [2.75, 3.05) is 13.2 Å². The van der Waals surface area contributed by atoms with Gasteiger partial charge in [0, 0.05) is 12.3 Å². The van der Waals surface area contributed by atoms with Crippen molar-refractivity contribution >= 4 is 22.4 Å². The molecule has 0 bridgehead atoms. The Hall–Kier alpha value is -0.536. The summed E-state index contributed by atoms with van der Waals surface area (Å²) in [5.74, 6) is 0.422. The Morgan fingerprint density at radius 2 is 1.84 bits per heavy atom. The maximum atomic E-state index is 12.4. The number of ether oxygens (including phenoxy) is 1. The van der Waals surface area contributed by atoms with E-state index in [0.717, 1.165) is 32.1 Å². The Labute approximate surface area is 200 Å². The molecule has 0 aliphatic carbocycles. The molecule has 0 saturated carbocycles. The van der Waals surface area contributed by atoms with Crippen LogP contribution in [0.15, 0.2) is 23.3 Å². The van der Waals surface area contributed by atoms with Gasteiger partial charge in [-0.25, -0.2) is 0 Å². The number of hydrogen-bond acceptors (Lipinski definition) is 4. The fourth-order valence-electron chi connectivity index (χ4n) is 3.88. The van der Waals surface area contributed by atoms with E-state index in [1.165, 1.54) is 11.1 Å². The molecule has 0 radical (unpaired) electrons. The van der Waals surface area contributed by atoms with Crippen LogP contribution >= 0.6 is 0 Å². The summed E-state index contributed by atoms with van der Waals surface area (Å²) in [7, 11) is -3.22. The predicted molar refractivity (Wildman–Crippen MR) is 141 cm³/mol. The minimum atomic E-state index is -1.71. The molecule has 0 aromatic carbocycles. The molecule has 1 fully saturated rings. The van der Waals surface area contributed by atoms with Crippen LogP contribution in [0.3, 0.4) is 0 Å². The van der Waals surface area contributed by atoms with Gasteiger partial charge in [-0.1, -0.05) is 24.6 Å². The highest BCUT2D eigenvalue weighted by molar-refractivity contribution is 6.70. The second-order valence-corrected chi connectivity index (χ2v) is 20.9. The van der Waals surface area contributed by atoms with Crippen LogP contribution in [-0.4, -0.2) is 47.3 Å². The Morgan fingerprint density at radius 1 is 1.19 bits per heavy atom. The fourth-order valence-corrected chi connectivity index (χ4v) is 5.69. The first kappa shape index (κ1) is 29.5. The number of carbonyl (C=O) groups excluding carboxylic acids is 1. The second-order valence-electron chi connectivity index (χ2n) is 11.9. The van der Waals surface area contributed by atoms with Crippen LogP contribution < -0.4 is 0 Å². The van der Waals surface area contributed by atoms with Crippen LogP contribution in [0.5, 0.6) is 0 Å². The number of allylic oxidation sites excluding steroid dienone is 2. The van der Waals surface area contributed by atoms with Crippen LogP contribution in [0.1, 0.15) is 66.2 Å². The van der Waals surface area contributed by atoms with Gasteiger partial charge in [0.1, 0.15) is 5.78 Å². The molecule has 1 rings (SSSR count). The van der Waals surface area contributed by atoms with E-state index in [0.29, 0.717) is 25.4 Å². The predicted octanol–water partition coefficient (Wildman–Crippen LogP) is 7.29. The summed E-state index contributed by atoms with van der Waals surface area (Å²) in [6.07, 6.45) is 9.67. The standard InChI is InChI=1S/C26H50O4Si2/c1-21(2)13-15-24(27)22(3)12-11-18-26(4)25(30-32(8,9)10)16-14-23(20-28-26)17-19-29-31(5,6)7/h13,17,22,25H,11-12,14-16,18-20H2,1-10H3/b23-17+/t22?,25-,26?/m1/s1. The zero-order valence-electron chi connectivity index (χ0n) is 22.6. The molecule has 0 aromatic heterocycles. The smallest absolute Gasteiger partial charge is 0.184 e. The van der Waals surface area contributed by atoms with Gasteiger partial charge in [-0.2, -0.15) is 0 Å². The highest BCUT2D eigenvalue weighted by Gasteiger charge is 2.40. The third-order valence-electron chi connectivity index (χ3n) is 5.95. The average Bonchev–Trinajstić information content (AvgIpc) is 2.78. The van der Waals surface area contributed by atoms with Gasteiger partial charge in [-0.3, -0.25) is 4.79 Å². The maximum absolute atomic E-state index is 12.4. The molecule has 1 heterocycles. The van der Waals surface area contributed by atoms with Crippen molar-refractivity contribution in [3.63, 3.8) is 0 Å². The first-order valence-electron chi connectivity index (χ1n) is 12.4. The summed E-state index contributed by atoms with van der Waals surface area (Å²) in [5, 5.41) is 0. The Balaban J connectivity index is 2.79. The number of Topliss-reactive ketones (excluding diaryl/α,β-unsaturated/α-hetero) is 1. The van der Waals surface area contributed by atoms with Gasteiger partial charge in [0.25, 0.3) is 0 Å². The first-order valence-corrected chi connectivity index (χ1v) is 19.2. The van der Waals surface area contributed by atoms with Crippen molar-refractivity contribution in [1.29, 1.82) is 0 Å². The lowest BCUT2D eigenvalue weighted by Gasteiger charge is -2.39. The van der Waals surface area contributed by atoms with Crippen molar-refractivity contribution in [1.82, 2.24) is 0 Å². The Kier molecular flexibility index (Phi) is 11.8. The number of hydrogen-bond donors (Lipinski definition) is 0. The molecule has 3 atom stereocenters. The van der Waals surface area contributed by atoms with Gasteiger partial charge in [0.2, 0.25) is 0 Å². The van der Waals surface area contributed by atoms with E-state index in [1.807, 2.05) is 19.9 Å². The summed E-state index contributed by atoms with van der Waals surface area (Å²) >= 11 is 0. The van der Waals surface area contributed by atoms with Crippen molar-refractivity contribution < 1.29 is 18.4 Å². The van der Waals surface area contributed by atoms with E-state index in [1.54, 1.807) is 0 Å². The van der Waals surface area contributed by atoms with Crippen LogP contribution in [0, 0.1) is 5.92 Å². The Morgan fingerprint density at radius 3 is 2.41 bits per heavy atom. The fraction of sp³-hybridized carbons (Fsp3) is 0.808. The topological polar surface area (TPSA) is 44.8 Å². The quantitative estimate of drug-likeness (QED) is 0.216. The molecule has 0 aromatic rings. The summed E-state index contributed by atoms with van der Waals surface area (Å²) in [6, 6.07) is 0. The molecule has 0 spiro atoms. The van der Waals surface area contributed by atoms with E-state index in [-0.39, 0.29) is 17.6 Å². The summed E-state index contributed by atoms with van der Waals surface area (Å²) < 4.78 is 19.2. The van der Waals surface area contributed by atoms with Gasteiger partial charge in [-0.15, -0.1) is 0 Å². The molecule has 6 heteroatoms. The molecule has 0 N–H and O–H groups in total. The highest BCUT2D eigenvalue weighted by atomic mass is 28.4. The van der Waals surface area contributed by atoms with Crippen LogP contribution in [0.25, 0.3) is 0 Å². The lowest BCUT2D eigenvalue weighted by atomic mass is 9.87. The molecular weight excluding hydrogens is 432 g/mol. The molecule has 1 aliphatic rings. The van der Waals surface area contributed by atoms with Gasteiger partial charge >= 0.3 is 0 Å². The average molecular weight is 483 g/mol. The normalized spacial score (nSPS) is 24.8. The molecule has 186 valence electrons. The molecule has 32 heavy (non-hydrogen) atoms. The lowest BCUT2D eigenvalue weighted by Crippen LogP contribution is -2.47. The third kappa shape index (κ3) is 12.1. The third-order valence-corrected chi connectivity index (χ3v) is 7.98. The highest BCUT2D eigenvalue weighted by Crippen LogP contribution is 2.35. The van der Waals surface area contributed by atoms with Gasteiger partial charge < -0.3 is 13.6 Å². The number of ketones is 1. The van der Waals surface area contributed by atoms with Gasteiger partial charge in [-0.05, 0) is 97.7 Å². The van der Waals surface area contributed by atoms with Gasteiger partial charge in [0.05, 0.1) is 24.9 Å². The van der Waals surface area contributed by atoms with Crippen LogP contribution in [0.4, 0.5) is 0 Å². The second kappa shape index (κ2) is 12.8. The molecular formula is C26H50O4Si2. The summed E-state index contributed by atoms with van der Waals surface area (Å²) in [5.41, 5.74) is 2.20. The van der Waals surface area contributed by atoms with E-state index in [2.05, 4.69) is 59.2 Å². The van der Waals surface area contributed by atoms with Crippen LogP contribution in [-0.2, 0) is 18.4 Å². The maximum Gasteiger partial charge on any atom is 0.184 e. The molecule has 1 aliphatic heterocycles. The van der Waals surface area contributed by atoms with Crippen molar-refractivity contribution in [2.24, 2.45) is 5.92 Å². The zero-order chi connectivity index (χ0) is 24.6. The van der Waals surface area contributed by atoms with Gasteiger partial charge in [0.15, 0.2) is 16.6 Å². The van der Waals surface area contributed by atoms with Crippen LogP contribution in [0.2, 0.25) is 39.3 Å². The largest absolute Gasteiger partial charge is 0.414 e. The molecule has 4 nitrogen and oxygen atoms in total. The van der Waals surface area contributed by atoms with E-state index in [9.17, 15) is 4.79 Å². The van der Waals surface area contributed by atoms with E-state index >= 15 is 0 Å². The minimum Gasteiger partial charge on any atom is -0.414 e. The first-order chi connectivity index (χ1) is 14.6.